The van der Waals surface area contributed by atoms with E-state index in [2.05, 4.69) is 16.0 Å². The maximum absolute atomic E-state index is 9.21. The van der Waals surface area contributed by atoms with E-state index in [1.54, 1.807) is 6.20 Å². The number of hydrogen-bond donors (Lipinski definition) is 0. The molecule has 1 aliphatic carbocycles. The minimum Gasteiger partial charge on any atom is -0.377 e. The third-order valence-electron chi connectivity index (χ3n) is 3.31. The van der Waals surface area contributed by atoms with Crippen molar-refractivity contribution in [3.05, 3.63) is 18.0 Å². The second-order valence-corrected chi connectivity index (χ2v) is 6.20. The van der Waals surface area contributed by atoms with Crippen LogP contribution in [-0.4, -0.2) is 24.3 Å². The first kappa shape index (κ1) is 13.2. The van der Waals surface area contributed by atoms with E-state index in [1.165, 1.54) is 32.1 Å². The van der Waals surface area contributed by atoms with Crippen LogP contribution in [0.3, 0.4) is 0 Å². The first-order valence-electron chi connectivity index (χ1n) is 6.45. The van der Waals surface area contributed by atoms with Crippen molar-refractivity contribution < 1.29 is 0 Å². The van der Waals surface area contributed by atoms with E-state index in [0.717, 1.165) is 10.6 Å². The standard InChI is InChI=1S/C14H19N3S/c1-17(2)13-8-9-16-12(10-15)14(13)18-11-6-4-3-5-7-11/h8-9,11H,3-7H2,1-2H3. The van der Waals surface area contributed by atoms with Crippen molar-refractivity contribution in [2.75, 3.05) is 19.0 Å². The molecule has 0 spiro atoms. The van der Waals surface area contributed by atoms with E-state index in [4.69, 9.17) is 0 Å². The number of pyridine rings is 1. The number of anilines is 1. The molecule has 2 rings (SSSR count). The number of nitrogens with zero attached hydrogens (tertiary/aromatic N) is 3. The molecule has 18 heavy (non-hydrogen) atoms. The molecule has 0 atom stereocenters. The van der Waals surface area contributed by atoms with Gasteiger partial charge in [0.05, 0.1) is 10.6 Å². The quantitative estimate of drug-likeness (QED) is 0.835. The Morgan fingerprint density at radius 1 is 1.33 bits per heavy atom. The predicted molar refractivity (Wildman–Crippen MR) is 76.0 cm³/mol. The normalized spacial score (nSPS) is 16.3. The van der Waals surface area contributed by atoms with Gasteiger partial charge in [0.15, 0.2) is 5.69 Å². The summed E-state index contributed by atoms with van der Waals surface area (Å²) < 4.78 is 0. The summed E-state index contributed by atoms with van der Waals surface area (Å²) in [5.41, 5.74) is 1.67. The molecule has 4 heteroatoms. The Morgan fingerprint density at radius 2 is 2.06 bits per heavy atom. The van der Waals surface area contributed by atoms with Gasteiger partial charge in [-0.05, 0) is 18.9 Å². The molecule has 0 N–H and O–H groups in total. The van der Waals surface area contributed by atoms with Gasteiger partial charge in [-0.3, -0.25) is 0 Å². The molecule has 1 saturated carbocycles. The molecule has 0 amide bonds. The van der Waals surface area contributed by atoms with E-state index in [0.29, 0.717) is 10.9 Å². The van der Waals surface area contributed by atoms with Gasteiger partial charge in [-0.2, -0.15) is 5.26 Å². The average Bonchev–Trinajstić information content (AvgIpc) is 2.40. The number of aromatic nitrogens is 1. The SMILES string of the molecule is CN(C)c1ccnc(C#N)c1SC1CCCCC1. The van der Waals surface area contributed by atoms with E-state index < -0.39 is 0 Å². The Labute approximate surface area is 113 Å². The lowest BCUT2D eigenvalue weighted by Crippen LogP contribution is -2.13. The van der Waals surface area contributed by atoms with Crippen molar-refractivity contribution in [2.45, 2.75) is 42.2 Å². The molecular weight excluding hydrogens is 242 g/mol. The molecule has 0 bridgehead atoms. The second-order valence-electron chi connectivity index (χ2n) is 4.89. The van der Waals surface area contributed by atoms with Gasteiger partial charge in [0.1, 0.15) is 6.07 Å². The van der Waals surface area contributed by atoms with Crippen molar-refractivity contribution in [1.29, 1.82) is 5.26 Å². The third kappa shape index (κ3) is 2.97. The highest BCUT2D eigenvalue weighted by atomic mass is 32.2. The van der Waals surface area contributed by atoms with Crippen LogP contribution in [0.25, 0.3) is 0 Å². The van der Waals surface area contributed by atoms with Gasteiger partial charge in [-0.15, -0.1) is 11.8 Å². The lowest BCUT2D eigenvalue weighted by molar-refractivity contribution is 0.516. The first-order valence-corrected chi connectivity index (χ1v) is 7.33. The van der Waals surface area contributed by atoms with Gasteiger partial charge in [0.25, 0.3) is 0 Å². The van der Waals surface area contributed by atoms with E-state index in [1.807, 2.05) is 31.9 Å². The number of rotatable bonds is 3. The summed E-state index contributed by atoms with van der Waals surface area (Å²) in [6.45, 7) is 0. The van der Waals surface area contributed by atoms with Gasteiger partial charge in [-0.1, -0.05) is 19.3 Å². The highest BCUT2D eigenvalue weighted by molar-refractivity contribution is 8.00. The zero-order valence-electron chi connectivity index (χ0n) is 11.0. The summed E-state index contributed by atoms with van der Waals surface area (Å²) in [5.74, 6) is 0. The van der Waals surface area contributed by atoms with Crippen molar-refractivity contribution in [2.24, 2.45) is 0 Å². The highest BCUT2D eigenvalue weighted by Crippen LogP contribution is 2.39. The molecule has 1 aliphatic rings. The zero-order chi connectivity index (χ0) is 13.0. The summed E-state index contributed by atoms with van der Waals surface area (Å²) in [5, 5.41) is 9.86. The predicted octanol–water partition coefficient (Wildman–Crippen LogP) is 3.44. The van der Waals surface area contributed by atoms with Gasteiger partial charge in [0, 0.05) is 25.5 Å². The third-order valence-corrected chi connectivity index (χ3v) is 4.75. The summed E-state index contributed by atoms with van der Waals surface area (Å²) in [7, 11) is 4.03. The number of nitriles is 1. The summed E-state index contributed by atoms with van der Waals surface area (Å²) >= 11 is 1.84. The summed E-state index contributed by atoms with van der Waals surface area (Å²) in [6, 6.07) is 4.21. The Morgan fingerprint density at radius 3 is 2.67 bits per heavy atom. The smallest absolute Gasteiger partial charge is 0.156 e. The van der Waals surface area contributed by atoms with Crippen LogP contribution in [0.5, 0.6) is 0 Å². The van der Waals surface area contributed by atoms with Crippen molar-refractivity contribution in [1.82, 2.24) is 4.98 Å². The molecule has 0 radical (unpaired) electrons. The molecule has 0 unspecified atom stereocenters. The van der Waals surface area contributed by atoms with Crippen molar-refractivity contribution in [3.63, 3.8) is 0 Å². The van der Waals surface area contributed by atoms with Gasteiger partial charge in [0.2, 0.25) is 0 Å². The molecule has 0 aromatic carbocycles. The molecule has 1 fully saturated rings. The van der Waals surface area contributed by atoms with Crippen LogP contribution in [0.2, 0.25) is 0 Å². The largest absolute Gasteiger partial charge is 0.377 e. The van der Waals surface area contributed by atoms with E-state index in [-0.39, 0.29) is 0 Å². The lowest BCUT2D eigenvalue weighted by atomic mass is 10.0. The minimum atomic E-state index is 0.566. The van der Waals surface area contributed by atoms with Gasteiger partial charge >= 0.3 is 0 Å². The molecule has 1 aromatic heterocycles. The van der Waals surface area contributed by atoms with Crippen LogP contribution in [0.4, 0.5) is 5.69 Å². The van der Waals surface area contributed by atoms with Gasteiger partial charge in [-0.25, -0.2) is 4.98 Å². The van der Waals surface area contributed by atoms with Crippen molar-refractivity contribution >= 4 is 17.4 Å². The van der Waals surface area contributed by atoms with Crippen LogP contribution < -0.4 is 4.90 Å². The molecule has 1 heterocycles. The molecular formula is C14H19N3S. The molecule has 96 valence electrons. The molecule has 0 saturated heterocycles. The molecule has 3 nitrogen and oxygen atoms in total. The Kier molecular flexibility index (Phi) is 4.48. The average molecular weight is 261 g/mol. The lowest BCUT2D eigenvalue weighted by Gasteiger charge is -2.24. The fourth-order valence-electron chi connectivity index (χ4n) is 2.34. The summed E-state index contributed by atoms with van der Waals surface area (Å²) in [4.78, 5) is 7.31. The van der Waals surface area contributed by atoms with Crippen LogP contribution in [0, 0.1) is 11.3 Å². The minimum absolute atomic E-state index is 0.566. The maximum atomic E-state index is 9.21. The van der Waals surface area contributed by atoms with Crippen molar-refractivity contribution in [3.8, 4) is 6.07 Å². The fraction of sp³-hybridized carbons (Fsp3) is 0.571. The Hall–Kier alpha value is -1.21. The Balaban J connectivity index is 2.26. The highest BCUT2D eigenvalue weighted by Gasteiger charge is 2.19. The molecule has 1 aromatic rings. The van der Waals surface area contributed by atoms with Crippen LogP contribution in [0.15, 0.2) is 17.2 Å². The van der Waals surface area contributed by atoms with Crippen LogP contribution in [0.1, 0.15) is 37.8 Å². The van der Waals surface area contributed by atoms with Crippen LogP contribution in [-0.2, 0) is 0 Å². The summed E-state index contributed by atoms with van der Waals surface area (Å²) in [6.07, 6.45) is 8.23. The van der Waals surface area contributed by atoms with E-state index in [9.17, 15) is 5.26 Å². The number of hydrogen-bond acceptors (Lipinski definition) is 4. The first-order chi connectivity index (χ1) is 8.72. The Bertz CT molecular complexity index is 445. The number of thioether (sulfide) groups is 1. The van der Waals surface area contributed by atoms with Gasteiger partial charge < -0.3 is 4.90 Å². The maximum Gasteiger partial charge on any atom is 0.156 e. The monoisotopic (exact) mass is 261 g/mol. The van der Waals surface area contributed by atoms with E-state index >= 15 is 0 Å². The zero-order valence-corrected chi connectivity index (χ0v) is 11.8. The second kappa shape index (κ2) is 6.10. The van der Waals surface area contributed by atoms with Crippen LogP contribution >= 0.6 is 11.8 Å². The molecule has 0 aliphatic heterocycles. The fourth-order valence-corrected chi connectivity index (χ4v) is 3.82. The topological polar surface area (TPSA) is 39.9 Å².